The lowest BCUT2D eigenvalue weighted by molar-refractivity contribution is -0.157. The summed E-state index contributed by atoms with van der Waals surface area (Å²) in [6.45, 7) is -0.266. The fourth-order valence-corrected chi connectivity index (χ4v) is 4.69. The van der Waals surface area contributed by atoms with Crippen LogP contribution in [0, 0.1) is 17.7 Å². The first kappa shape index (κ1) is 24.4. The summed E-state index contributed by atoms with van der Waals surface area (Å²) < 4.78 is 18.2. The molecule has 0 radical (unpaired) electrons. The molecule has 3 amide bonds. The molecule has 1 aliphatic heterocycles. The molecule has 1 heterocycles. The highest BCUT2D eigenvalue weighted by atomic mass is 19.1. The van der Waals surface area contributed by atoms with Crippen LogP contribution in [0.15, 0.2) is 48.5 Å². The molecule has 2 atom stereocenters. The van der Waals surface area contributed by atoms with Gasteiger partial charge >= 0.3 is 5.97 Å². The molecule has 4 rings (SSSR count). The molecule has 1 fully saturated rings. The molecular weight excluding hydrogens is 453 g/mol. The normalized spacial score (nSPS) is 18.9. The highest BCUT2D eigenvalue weighted by Crippen LogP contribution is 2.36. The zero-order valence-electron chi connectivity index (χ0n) is 19.3. The van der Waals surface area contributed by atoms with Crippen LogP contribution >= 0.6 is 0 Å². The van der Waals surface area contributed by atoms with Crippen LogP contribution in [-0.2, 0) is 30.3 Å². The Labute approximate surface area is 202 Å². The quantitative estimate of drug-likeness (QED) is 0.592. The second kappa shape index (κ2) is 11.1. The lowest BCUT2D eigenvalue weighted by Crippen LogP contribution is -2.43. The molecule has 0 bridgehead atoms. The Balaban J connectivity index is 1.26. The number of para-hydroxylation sites is 1. The van der Waals surface area contributed by atoms with Crippen molar-refractivity contribution in [2.45, 2.75) is 32.1 Å². The molecule has 2 N–H and O–H groups in total. The Morgan fingerprint density at radius 1 is 0.943 bits per heavy atom. The molecule has 0 spiro atoms. The third kappa shape index (κ3) is 6.03. The number of carbonyl (C=O) groups is 4. The topological polar surface area (TPSA) is 105 Å². The van der Waals surface area contributed by atoms with Gasteiger partial charge in [0.2, 0.25) is 11.8 Å². The third-order valence-electron chi connectivity index (χ3n) is 6.46. The van der Waals surface area contributed by atoms with Crippen molar-refractivity contribution in [1.29, 1.82) is 0 Å². The number of rotatable bonds is 7. The first-order valence-corrected chi connectivity index (χ1v) is 11.8. The summed E-state index contributed by atoms with van der Waals surface area (Å²) in [4.78, 5) is 51.9. The molecule has 184 valence electrons. The van der Waals surface area contributed by atoms with Crippen molar-refractivity contribution in [3.63, 3.8) is 0 Å². The van der Waals surface area contributed by atoms with Gasteiger partial charge in [-0.15, -0.1) is 0 Å². The average molecular weight is 482 g/mol. The third-order valence-corrected chi connectivity index (χ3v) is 6.46. The number of fused-ring (bicyclic) bond motifs is 1. The number of ether oxygens (including phenoxy) is 1. The van der Waals surface area contributed by atoms with E-state index in [1.165, 1.54) is 24.3 Å². The van der Waals surface area contributed by atoms with E-state index < -0.39 is 42.0 Å². The minimum Gasteiger partial charge on any atom is -0.455 e. The summed E-state index contributed by atoms with van der Waals surface area (Å²) in [6.07, 6.45) is 3.60. The van der Waals surface area contributed by atoms with Gasteiger partial charge in [-0.3, -0.25) is 19.2 Å². The van der Waals surface area contributed by atoms with Gasteiger partial charge in [0.15, 0.2) is 6.61 Å². The largest absolute Gasteiger partial charge is 0.455 e. The number of benzene rings is 2. The Morgan fingerprint density at radius 3 is 2.43 bits per heavy atom. The summed E-state index contributed by atoms with van der Waals surface area (Å²) in [7, 11) is 0. The van der Waals surface area contributed by atoms with Crippen molar-refractivity contribution in [1.82, 2.24) is 5.32 Å². The van der Waals surface area contributed by atoms with Crippen molar-refractivity contribution in [2.75, 3.05) is 29.9 Å². The van der Waals surface area contributed by atoms with Crippen molar-refractivity contribution >= 4 is 35.1 Å². The monoisotopic (exact) mass is 481 g/mol. The van der Waals surface area contributed by atoms with Crippen LogP contribution in [0.4, 0.5) is 15.8 Å². The molecular formula is C26H28FN3O5. The molecule has 2 aromatic carbocycles. The van der Waals surface area contributed by atoms with Gasteiger partial charge in [-0.05, 0) is 55.2 Å². The fraction of sp³-hybridized carbons (Fsp3) is 0.385. The number of hydrogen-bond acceptors (Lipinski definition) is 5. The van der Waals surface area contributed by atoms with Gasteiger partial charge in [0.25, 0.3) is 5.91 Å². The van der Waals surface area contributed by atoms with Gasteiger partial charge < -0.3 is 20.3 Å². The molecule has 2 aliphatic rings. The van der Waals surface area contributed by atoms with Crippen molar-refractivity contribution < 1.29 is 28.3 Å². The van der Waals surface area contributed by atoms with Gasteiger partial charge in [0.05, 0.1) is 18.4 Å². The Bertz CT molecular complexity index is 1100. The molecule has 0 saturated heterocycles. The van der Waals surface area contributed by atoms with Crippen molar-refractivity contribution in [3.05, 3.63) is 59.9 Å². The number of hydrogen-bond donors (Lipinski definition) is 2. The number of nitrogens with zero attached hydrogens (tertiary/aromatic N) is 1. The van der Waals surface area contributed by atoms with E-state index in [1.54, 1.807) is 4.90 Å². The van der Waals surface area contributed by atoms with Crippen LogP contribution in [0.1, 0.15) is 31.2 Å². The molecule has 2 aromatic rings. The van der Waals surface area contributed by atoms with Gasteiger partial charge in [-0.1, -0.05) is 31.0 Å². The van der Waals surface area contributed by atoms with E-state index in [4.69, 9.17) is 4.74 Å². The smallest absolute Gasteiger partial charge is 0.310 e. The SMILES string of the molecule is O=C(COC(=O)C1CCCCC1C(=O)N1CCc2ccccc21)NCC(=O)Nc1ccc(F)cc1. The molecule has 1 saturated carbocycles. The van der Waals surface area contributed by atoms with E-state index in [1.807, 2.05) is 24.3 Å². The van der Waals surface area contributed by atoms with Crippen LogP contribution in [0.2, 0.25) is 0 Å². The second-order valence-electron chi connectivity index (χ2n) is 8.81. The number of anilines is 2. The zero-order chi connectivity index (χ0) is 24.8. The van der Waals surface area contributed by atoms with E-state index in [-0.39, 0.29) is 12.5 Å². The first-order chi connectivity index (χ1) is 16.9. The van der Waals surface area contributed by atoms with Crippen molar-refractivity contribution in [2.24, 2.45) is 11.8 Å². The van der Waals surface area contributed by atoms with Gasteiger partial charge in [0, 0.05) is 17.9 Å². The maximum atomic E-state index is 13.3. The summed E-state index contributed by atoms with van der Waals surface area (Å²) in [5.74, 6) is -3.27. The van der Waals surface area contributed by atoms with Gasteiger partial charge in [-0.25, -0.2) is 4.39 Å². The predicted molar refractivity (Wildman–Crippen MR) is 127 cm³/mol. The molecule has 1 aliphatic carbocycles. The van der Waals surface area contributed by atoms with Crippen LogP contribution < -0.4 is 15.5 Å². The average Bonchev–Trinajstić information content (AvgIpc) is 3.31. The minimum absolute atomic E-state index is 0.0708. The fourth-order valence-electron chi connectivity index (χ4n) is 4.69. The molecule has 8 nitrogen and oxygen atoms in total. The van der Waals surface area contributed by atoms with E-state index in [9.17, 15) is 23.6 Å². The van der Waals surface area contributed by atoms with Crippen LogP contribution in [0.5, 0.6) is 0 Å². The zero-order valence-corrected chi connectivity index (χ0v) is 19.3. The molecule has 9 heteroatoms. The summed E-state index contributed by atoms with van der Waals surface area (Å²) in [5, 5.41) is 4.91. The second-order valence-corrected chi connectivity index (χ2v) is 8.81. The highest BCUT2D eigenvalue weighted by Gasteiger charge is 2.40. The molecule has 0 aromatic heterocycles. The number of esters is 1. The maximum absolute atomic E-state index is 13.3. The Morgan fingerprint density at radius 2 is 1.66 bits per heavy atom. The van der Waals surface area contributed by atoms with Gasteiger partial charge in [0.1, 0.15) is 5.82 Å². The molecule has 35 heavy (non-hydrogen) atoms. The Kier molecular flexibility index (Phi) is 7.74. The predicted octanol–water partition coefficient (Wildman–Crippen LogP) is 2.82. The summed E-state index contributed by atoms with van der Waals surface area (Å²) >= 11 is 0. The van der Waals surface area contributed by atoms with E-state index in [0.717, 1.165) is 30.5 Å². The summed E-state index contributed by atoms with van der Waals surface area (Å²) in [6, 6.07) is 13.0. The number of amides is 3. The first-order valence-electron chi connectivity index (χ1n) is 11.8. The van der Waals surface area contributed by atoms with Crippen LogP contribution in [-0.4, -0.2) is 43.4 Å². The summed E-state index contributed by atoms with van der Waals surface area (Å²) in [5.41, 5.74) is 2.41. The van der Waals surface area contributed by atoms with E-state index >= 15 is 0 Å². The van der Waals surface area contributed by atoms with Crippen LogP contribution in [0.25, 0.3) is 0 Å². The number of carbonyl (C=O) groups excluding carboxylic acids is 4. The molecule has 2 unspecified atom stereocenters. The standard InChI is InChI=1S/C26H28FN3O5/c27-18-9-11-19(12-10-18)29-23(31)15-28-24(32)16-35-26(34)21-7-3-2-6-20(21)25(33)30-14-13-17-5-1-4-8-22(17)30/h1,4-5,8-12,20-21H,2-3,6-7,13-16H2,(H,28,32)(H,29,31). The lowest BCUT2D eigenvalue weighted by atomic mass is 9.78. The number of nitrogens with one attached hydrogen (secondary N) is 2. The Hall–Kier alpha value is -3.75. The minimum atomic E-state index is -0.625. The van der Waals surface area contributed by atoms with Gasteiger partial charge in [-0.2, -0.15) is 0 Å². The van der Waals surface area contributed by atoms with Crippen molar-refractivity contribution in [3.8, 4) is 0 Å². The van der Waals surface area contributed by atoms with E-state index in [0.29, 0.717) is 25.1 Å². The number of halogens is 1. The highest BCUT2D eigenvalue weighted by molar-refractivity contribution is 5.99. The van der Waals surface area contributed by atoms with Crippen LogP contribution in [0.3, 0.4) is 0 Å². The maximum Gasteiger partial charge on any atom is 0.310 e. The van der Waals surface area contributed by atoms with E-state index in [2.05, 4.69) is 10.6 Å². The lowest BCUT2D eigenvalue weighted by Gasteiger charge is -2.32.